The molecule has 1 aromatic carbocycles. The quantitative estimate of drug-likeness (QED) is 0.718. The van der Waals surface area contributed by atoms with Gasteiger partial charge in [0.15, 0.2) is 5.60 Å². The summed E-state index contributed by atoms with van der Waals surface area (Å²) in [6.07, 6.45) is 3.15. The molecular formula is C16H11FN2O3. The Morgan fingerprint density at radius 3 is 2.45 bits per heavy atom. The van der Waals surface area contributed by atoms with E-state index in [9.17, 15) is 19.1 Å². The Labute approximate surface area is 124 Å². The molecule has 5 nitrogen and oxygen atoms in total. The van der Waals surface area contributed by atoms with Crippen molar-refractivity contribution in [2.24, 2.45) is 0 Å². The van der Waals surface area contributed by atoms with Gasteiger partial charge in [-0.05, 0) is 11.1 Å². The molecule has 6 heteroatoms. The molecule has 0 aromatic heterocycles. The number of nitrogens with one attached hydrogen (secondary N) is 2. The molecule has 0 radical (unpaired) electrons. The van der Waals surface area contributed by atoms with Crippen molar-refractivity contribution in [2.45, 2.75) is 11.6 Å². The van der Waals surface area contributed by atoms with E-state index in [2.05, 4.69) is 10.6 Å². The molecule has 1 fully saturated rings. The number of benzene rings is 1. The lowest BCUT2D eigenvalue weighted by Crippen LogP contribution is -2.60. The summed E-state index contributed by atoms with van der Waals surface area (Å²) in [6, 6.07) is 7.09. The summed E-state index contributed by atoms with van der Waals surface area (Å²) in [6.45, 7) is 0. The Bertz CT molecular complexity index is 810. The summed E-state index contributed by atoms with van der Waals surface area (Å²) in [5.74, 6) is -1.21. The Morgan fingerprint density at radius 2 is 1.86 bits per heavy atom. The van der Waals surface area contributed by atoms with Gasteiger partial charge in [-0.2, -0.15) is 0 Å². The van der Waals surface area contributed by atoms with E-state index in [1.54, 1.807) is 30.3 Å². The fourth-order valence-corrected chi connectivity index (χ4v) is 3.18. The van der Waals surface area contributed by atoms with Crippen LogP contribution in [0.25, 0.3) is 5.57 Å². The number of rotatable bonds is 2. The number of hydrogen-bond acceptors (Lipinski definition) is 3. The standard InChI is InChI=1S/C16H11FN2O3/c17-12-10-7-6-9(8-4-2-1-3-5-8)11(12)16(10,22)13-14(20)19-15(21)18-13/h1-7,13,22H,(H2,18,19,20,21). The highest BCUT2D eigenvalue weighted by Gasteiger charge is 2.61. The molecule has 1 aliphatic heterocycles. The molecule has 2 aliphatic carbocycles. The van der Waals surface area contributed by atoms with Crippen LogP contribution in [0.2, 0.25) is 0 Å². The first-order valence-electron chi connectivity index (χ1n) is 6.76. The van der Waals surface area contributed by atoms with Crippen molar-refractivity contribution < 1.29 is 19.1 Å². The van der Waals surface area contributed by atoms with Gasteiger partial charge < -0.3 is 10.4 Å². The third-order valence-corrected chi connectivity index (χ3v) is 4.21. The lowest BCUT2D eigenvalue weighted by Gasteiger charge is -2.46. The number of urea groups is 1. The van der Waals surface area contributed by atoms with Crippen LogP contribution >= 0.6 is 0 Å². The van der Waals surface area contributed by atoms with Crippen molar-refractivity contribution in [2.75, 3.05) is 0 Å². The molecule has 2 bridgehead atoms. The highest BCUT2D eigenvalue weighted by Crippen LogP contribution is 2.55. The molecule has 1 heterocycles. The smallest absolute Gasteiger partial charge is 0.322 e. The Kier molecular flexibility index (Phi) is 2.44. The molecule has 4 rings (SSSR count). The van der Waals surface area contributed by atoms with Gasteiger partial charge in [-0.15, -0.1) is 0 Å². The van der Waals surface area contributed by atoms with Crippen molar-refractivity contribution in [3.63, 3.8) is 0 Å². The van der Waals surface area contributed by atoms with Gasteiger partial charge in [0.25, 0.3) is 5.91 Å². The average Bonchev–Trinajstić information content (AvgIpc) is 2.87. The van der Waals surface area contributed by atoms with Gasteiger partial charge in [-0.3, -0.25) is 10.1 Å². The summed E-state index contributed by atoms with van der Waals surface area (Å²) >= 11 is 0. The van der Waals surface area contributed by atoms with Crippen LogP contribution in [0.4, 0.5) is 9.18 Å². The molecule has 3 N–H and O–H groups in total. The number of halogens is 1. The second kappa shape index (κ2) is 4.14. The van der Waals surface area contributed by atoms with E-state index in [1.165, 1.54) is 6.08 Å². The molecule has 1 saturated heterocycles. The summed E-state index contributed by atoms with van der Waals surface area (Å²) in [5.41, 5.74) is -0.543. The maximum atomic E-state index is 14.3. The van der Waals surface area contributed by atoms with Crippen LogP contribution in [0.3, 0.4) is 0 Å². The Balaban J connectivity index is 1.81. The number of fused-ring (bicyclic) bond motifs is 2. The summed E-state index contributed by atoms with van der Waals surface area (Å²) < 4.78 is 14.3. The van der Waals surface area contributed by atoms with Crippen LogP contribution in [0.1, 0.15) is 5.56 Å². The predicted molar refractivity (Wildman–Crippen MR) is 76.0 cm³/mol. The lowest BCUT2D eigenvalue weighted by atomic mass is 9.62. The van der Waals surface area contributed by atoms with Crippen LogP contribution in [0.15, 0.2) is 59.5 Å². The van der Waals surface area contributed by atoms with E-state index < -0.39 is 29.4 Å². The van der Waals surface area contributed by atoms with Gasteiger partial charge in [0.05, 0.1) is 0 Å². The average molecular weight is 298 g/mol. The van der Waals surface area contributed by atoms with Crippen molar-refractivity contribution >= 4 is 17.5 Å². The topological polar surface area (TPSA) is 78.4 Å². The predicted octanol–water partition coefficient (Wildman–Crippen LogP) is 1.19. The number of aliphatic hydroxyl groups is 1. The molecule has 0 spiro atoms. The highest BCUT2D eigenvalue weighted by molar-refractivity contribution is 6.08. The largest absolute Gasteiger partial charge is 0.377 e. The van der Waals surface area contributed by atoms with E-state index in [4.69, 9.17) is 0 Å². The van der Waals surface area contributed by atoms with Crippen molar-refractivity contribution in [1.29, 1.82) is 0 Å². The van der Waals surface area contributed by atoms with Gasteiger partial charge >= 0.3 is 6.03 Å². The zero-order valence-electron chi connectivity index (χ0n) is 11.3. The van der Waals surface area contributed by atoms with Crippen molar-refractivity contribution in [1.82, 2.24) is 10.6 Å². The first-order valence-corrected chi connectivity index (χ1v) is 6.76. The molecular weight excluding hydrogens is 287 g/mol. The first kappa shape index (κ1) is 13.0. The van der Waals surface area contributed by atoms with Gasteiger partial charge in [0.2, 0.25) is 0 Å². The second-order valence-corrected chi connectivity index (χ2v) is 5.38. The van der Waals surface area contributed by atoms with E-state index in [0.717, 1.165) is 5.56 Å². The molecule has 1 aromatic rings. The molecule has 0 saturated carbocycles. The van der Waals surface area contributed by atoms with Crippen LogP contribution in [-0.2, 0) is 4.79 Å². The Morgan fingerprint density at radius 1 is 1.14 bits per heavy atom. The van der Waals surface area contributed by atoms with Crippen molar-refractivity contribution in [3.05, 3.63) is 65.0 Å². The first-order chi connectivity index (χ1) is 10.5. The third-order valence-electron chi connectivity index (χ3n) is 4.21. The second-order valence-electron chi connectivity index (χ2n) is 5.38. The van der Waals surface area contributed by atoms with Gasteiger partial charge in [-0.25, -0.2) is 9.18 Å². The minimum absolute atomic E-state index is 0.0181. The van der Waals surface area contributed by atoms with Crippen LogP contribution < -0.4 is 10.6 Å². The lowest BCUT2D eigenvalue weighted by molar-refractivity contribution is -0.124. The zero-order chi connectivity index (χ0) is 15.5. The number of hydrogen-bond donors (Lipinski definition) is 3. The fraction of sp³-hybridized carbons (Fsp3) is 0.125. The molecule has 110 valence electrons. The molecule has 3 aliphatic rings. The van der Waals surface area contributed by atoms with Crippen LogP contribution in [0, 0.1) is 0 Å². The molecule has 2 unspecified atom stereocenters. The minimum Gasteiger partial charge on any atom is -0.377 e. The minimum atomic E-state index is -1.83. The number of amides is 3. The van der Waals surface area contributed by atoms with Crippen molar-refractivity contribution in [3.8, 4) is 0 Å². The molecule has 2 atom stereocenters. The zero-order valence-corrected chi connectivity index (χ0v) is 11.3. The number of imide groups is 1. The maximum Gasteiger partial charge on any atom is 0.322 e. The monoisotopic (exact) mass is 298 g/mol. The van der Waals surface area contributed by atoms with E-state index in [0.29, 0.717) is 5.57 Å². The summed E-state index contributed by atoms with van der Waals surface area (Å²) in [7, 11) is 0. The van der Waals surface area contributed by atoms with Gasteiger partial charge in [-0.1, -0.05) is 42.5 Å². The van der Waals surface area contributed by atoms with Crippen LogP contribution in [0.5, 0.6) is 0 Å². The van der Waals surface area contributed by atoms with Gasteiger partial charge in [0.1, 0.15) is 11.9 Å². The molecule has 22 heavy (non-hydrogen) atoms. The summed E-state index contributed by atoms with van der Waals surface area (Å²) in [5, 5.41) is 15.3. The number of allylic oxidation sites excluding steroid dienone is 2. The Hall–Kier alpha value is -2.73. The SMILES string of the molecule is O=C1NC(=O)C(C2(O)c3ccc(-c4ccccc4)c2c3F)N1. The third kappa shape index (κ3) is 1.44. The van der Waals surface area contributed by atoms with E-state index >= 15 is 0 Å². The summed E-state index contributed by atoms with van der Waals surface area (Å²) in [4.78, 5) is 23.2. The number of carbonyl (C=O) groups is 2. The highest BCUT2D eigenvalue weighted by atomic mass is 19.1. The number of carbonyl (C=O) groups excluding carboxylic acids is 2. The normalized spacial score (nSPS) is 29.5. The van der Waals surface area contributed by atoms with E-state index in [1.807, 2.05) is 6.07 Å². The fourth-order valence-electron chi connectivity index (χ4n) is 3.18. The van der Waals surface area contributed by atoms with Gasteiger partial charge in [0, 0.05) is 11.1 Å². The van der Waals surface area contributed by atoms with Crippen LogP contribution in [-0.4, -0.2) is 28.7 Å². The maximum absolute atomic E-state index is 14.3. The van der Waals surface area contributed by atoms with E-state index in [-0.39, 0.29) is 11.1 Å². The molecule has 3 amide bonds.